The average molecular weight is 251 g/mol. The Labute approximate surface area is 110 Å². The molecule has 0 aliphatic heterocycles. The summed E-state index contributed by atoms with van der Waals surface area (Å²) < 4.78 is 5.32. The van der Waals surface area contributed by atoms with E-state index in [2.05, 4.69) is 32.9 Å². The lowest BCUT2D eigenvalue weighted by molar-refractivity contribution is 0.187. The molecule has 0 amide bonds. The summed E-state index contributed by atoms with van der Waals surface area (Å²) in [5, 5.41) is 9.28. The molecule has 0 aliphatic rings. The SMILES string of the molecule is COc1cc(C)c(CC(C)C(CN)CO)cc1C. The van der Waals surface area contributed by atoms with Crippen molar-refractivity contribution < 1.29 is 9.84 Å². The molecule has 0 heterocycles. The van der Waals surface area contributed by atoms with Gasteiger partial charge < -0.3 is 15.6 Å². The van der Waals surface area contributed by atoms with Crippen LogP contribution in [-0.2, 0) is 6.42 Å². The van der Waals surface area contributed by atoms with Gasteiger partial charge in [-0.15, -0.1) is 0 Å². The van der Waals surface area contributed by atoms with Crippen LogP contribution in [0.15, 0.2) is 12.1 Å². The fourth-order valence-electron chi connectivity index (χ4n) is 2.29. The van der Waals surface area contributed by atoms with Crippen molar-refractivity contribution in [1.29, 1.82) is 0 Å². The highest BCUT2D eigenvalue weighted by atomic mass is 16.5. The zero-order valence-corrected chi connectivity index (χ0v) is 11.9. The third-order valence-electron chi connectivity index (χ3n) is 3.74. The van der Waals surface area contributed by atoms with Crippen molar-refractivity contribution in [1.82, 2.24) is 0 Å². The number of benzene rings is 1. The third kappa shape index (κ3) is 3.47. The van der Waals surface area contributed by atoms with Crippen molar-refractivity contribution in [2.75, 3.05) is 20.3 Å². The largest absolute Gasteiger partial charge is 0.496 e. The zero-order valence-electron chi connectivity index (χ0n) is 11.9. The van der Waals surface area contributed by atoms with E-state index in [0.717, 1.165) is 17.7 Å². The van der Waals surface area contributed by atoms with Crippen LogP contribution >= 0.6 is 0 Å². The molecular formula is C15H25NO2. The number of aliphatic hydroxyl groups excluding tert-OH is 1. The van der Waals surface area contributed by atoms with Gasteiger partial charge in [0.25, 0.3) is 0 Å². The molecule has 0 spiro atoms. The summed E-state index contributed by atoms with van der Waals surface area (Å²) in [6.45, 7) is 6.99. The monoisotopic (exact) mass is 251 g/mol. The van der Waals surface area contributed by atoms with E-state index in [1.807, 2.05) is 0 Å². The van der Waals surface area contributed by atoms with Gasteiger partial charge in [-0.3, -0.25) is 0 Å². The number of methoxy groups -OCH3 is 1. The van der Waals surface area contributed by atoms with Gasteiger partial charge in [-0.2, -0.15) is 0 Å². The van der Waals surface area contributed by atoms with E-state index < -0.39 is 0 Å². The first kappa shape index (κ1) is 15.0. The van der Waals surface area contributed by atoms with Gasteiger partial charge in [-0.25, -0.2) is 0 Å². The second-order valence-electron chi connectivity index (χ2n) is 5.11. The molecule has 0 aliphatic carbocycles. The van der Waals surface area contributed by atoms with Crippen molar-refractivity contribution in [3.63, 3.8) is 0 Å². The van der Waals surface area contributed by atoms with E-state index in [1.54, 1.807) is 7.11 Å². The molecule has 1 aromatic rings. The second kappa shape index (κ2) is 6.76. The Morgan fingerprint density at radius 1 is 1.28 bits per heavy atom. The first-order chi connectivity index (χ1) is 8.53. The Morgan fingerprint density at radius 2 is 1.94 bits per heavy atom. The highest BCUT2D eigenvalue weighted by Gasteiger charge is 2.16. The van der Waals surface area contributed by atoms with Crippen LogP contribution in [0.25, 0.3) is 0 Å². The van der Waals surface area contributed by atoms with E-state index in [4.69, 9.17) is 10.5 Å². The molecule has 0 saturated carbocycles. The summed E-state index contributed by atoms with van der Waals surface area (Å²) in [6.07, 6.45) is 0.944. The summed E-state index contributed by atoms with van der Waals surface area (Å²) in [7, 11) is 1.69. The fourth-order valence-corrected chi connectivity index (χ4v) is 2.29. The fraction of sp³-hybridized carbons (Fsp3) is 0.600. The lowest BCUT2D eigenvalue weighted by atomic mass is 9.87. The minimum Gasteiger partial charge on any atom is -0.496 e. The van der Waals surface area contributed by atoms with Crippen LogP contribution in [0, 0.1) is 25.7 Å². The van der Waals surface area contributed by atoms with Crippen LogP contribution in [-0.4, -0.2) is 25.4 Å². The quantitative estimate of drug-likeness (QED) is 0.813. The molecule has 0 fully saturated rings. The summed E-state index contributed by atoms with van der Waals surface area (Å²) >= 11 is 0. The molecular weight excluding hydrogens is 226 g/mol. The van der Waals surface area contributed by atoms with Gasteiger partial charge >= 0.3 is 0 Å². The Hall–Kier alpha value is -1.06. The lowest BCUT2D eigenvalue weighted by Crippen LogP contribution is -2.26. The number of aryl methyl sites for hydroxylation is 2. The molecule has 0 aromatic heterocycles. The van der Waals surface area contributed by atoms with Gasteiger partial charge in [0, 0.05) is 6.61 Å². The van der Waals surface area contributed by atoms with Gasteiger partial charge in [0.1, 0.15) is 5.75 Å². The van der Waals surface area contributed by atoms with Gasteiger partial charge in [-0.05, 0) is 61.4 Å². The molecule has 2 unspecified atom stereocenters. The van der Waals surface area contributed by atoms with Crippen molar-refractivity contribution in [2.45, 2.75) is 27.2 Å². The Morgan fingerprint density at radius 3 is 2.44 bits per heavy atom. The normalized spacial score (nSPS) is 14.3. The van der Waals surface area contributed by atoms with Crippen molar-refractivity contribution >= 4 is 0 Å². The second-order valence-corrected chi connectivity index (χ2v) is 5.11. The number of aliphatic hydroxyl groups is 1. The van der Waals surface area contributed by atoms with E-state index in [-0.39, 0.29) is 12.5 Å². The van der Waals surface area contributed by atoms with Crippen LogP contribution in [0.5, 0.6) is 5.75 Å². The number of hydrogen-bond donors (Lipinski definition) is 2. The molecule has 2 atom stereocenters. The highest BCUT2D eigenvalue weighted by molar-refractivity contribution is 5.41. The number of rotatable bonds is 6. The Kier molecular flexibility index (Phi) is 5.63. The van der Waals surface area contributed by atoms with Crippen LogP contribution in [0.3, 0.4) is 0 Å². The molecule has 3 nitrogen and oxygen atoms in total. The predicted molar refractivity (Wildman–Crippen MR) is 75.0 cm³/mol. The molecule has 0 radical (unpaired) electrons. The van der Waals surface area contributed by atoms with Crippen LogP contribution in [0.1, 0.15) is 23.6 Å². The zero-order chi connectivity index (χ0) is 13.7. The molecule has 3 N–H and O–H groups in total. The average Bonchev–Trinajstić information content (AvgIpc) is 2.34. The number of ether oxygens (including phenoxy) is 1. The Bertz CT molecular complexity index is 386. The molecule has 18 heavy (non-hydrogen) atoms. The Balaban J connectivity index is 2.88. The minimum absolute atomic E-state index is 0.159. The summed E-state index contributed by atoms with van der Waals surface area (Å²) in [4.78, 5) is 0. The van der Waals surface area contributed by atoms with Gasteiger partial charge in [0.15, 0.2) is 0 Å². The molecule has 1 aromatic carbocycles. The molecule has 102 valence electrons. The highest BCUT2D eigenvalue weighted by Crippen LogP contribution is 2.26. The molecule has 1 rings (SSSR count). The topological polar surface area (TPSA) is 55.5 Å². The maximum absolute atomic E-state index is 9.28. The predicted octanol–water partition coefficient (Wildman–Crippen LogP) is 2.06. The standard InChI is InChI=1S/C15H25NO2/c1-10(14(8-16)9-17)5-13-6-12(3)15(18-4)7-11(13)2/h6-7,10,14,17H,5,8-9,16H2,1-4H3. The van der Waals surface area contributed by atoms with E-state index in [1.165, 1.54) is 11.1 Å². The van der Waals surface area contributed by atoms with E-state index in [9.17, 15) is 5.11 Å². The number of nitrogens with two attached hydrogens (primary N) is 1. The van der Waals surface area contributed by atoms with Crippen molar-refractivity contribution in [3.8, 4) is 5.75 Å². The van der Waals surface area contributed by atoms with E-state index >= 15 is 0 Å². The first-order valence-electron chi connectivity index (χ1n) is 6.48. The van der Waals surface area contributed by atoms with Gasteiger partial charge in [0.05, 0.1) is 7.11 Å². The lowest BCUT2D eigenvalue weighted by Gasteiger charge is -2.22. The van der Waals surface area contributed by atoms with E-state index in [0.29, 0.717) is 12.5 Å². The van der Waals surface area contributed by atoms with Crippen LogP contribution in [0.4, 0.5) is 0 Å². The molecule has 0 saturated heterocycles. The van der Waals surface area contributed by atoms with Gasteiger partial charge in [-0.1, -0.05) is 13.0 Å². The first-order valence-corrected chi connectivity index (χ1v) is 6.48. The van der Waals surface area contributed by atoms with Crippen molar-refractivity contribution in [2.24, 2.45) is 17.6 Å². The third-order valence-corrected chi connectivity index (χ3v) is 3.74. The smallest absolute Gasteiger partial charge is 0.122 e. The molecule has 0 bridgehead atoms. The van der Waals surface area contributed by atoms with Crippen LogP contribution < -0.4 is 10.5 Å². The van der Waals surface area contributed by atoms with Crippen LogP contribution in [0.2, 0.25) is 0 Å². The maximum atomic E-state index is 9.28. The number of hydrogen-bond acceptors (Lipinski definition) is 3. The summed E-state index contributed by atoms with van der Waals surface area (Å²) in [5.74, 6) is 1.49. The summed E-state index contributed by atoms with van der Waals surface area (Å²) in [6, 6.07) is 4.25. The summed E-state index contributed by atoms with van der Waals surface area (Å²) in [5.41, 5.74) is 9.37. The minimum atomic E-state index is 0.159. The van der Waals surface area contributed by atoms with Crippen molar-refractivity contribution in [3.05, 3.63) is 28.8 Å². The maximum Gasteiger partial charge on any atom is 0.122 e. The molecule has 3 heteroatoms. The van der Waals surface area contributed by atoms with Gasteiger partial charge in [0.2, 0.25) is 0 Å².